The van der Waals surface area contributed by atoms with Crippen molar-refractivity contribution in [2.75, 3.05) is 52.7 Å². The number of nitrogens with zero attached hydrogens (tertiary/aromatic N) is 1. The van der Waals surface area contributed by atoms with Crippen molar-refractivity contribution in [3.63, 3.8) is 0 Å². The lowest BCUT2D eigenvalue weighted by atomic mass is 10.0. The van der Waals surface area contributed by atoms with Crippen LogP contribution in [0.3, 0.4) is 0 Å². The normalized spacial score (nSPS) is 13.3. The third-order valence-corrected chi connectivity index (χ3v) is 7.34. The first kappa shape index (κ1) is 33.1. The van der Waals surface area contributed by atoms with Crippen molar-refractivity contribution in [3.05, 3.63) is 102 Å². The Balaban J connectivity index is 1.34. The first-order valence-corrected chi connectivity index (χ1v) is 15.6. The monoisotopic (exact) mass is 602 g/mol. The zero-order valence-corrected chi connectivity index (χ0v) is 25.5. The molecule has 2 amide bonds. The fourth-order valence-corrected chi connectivity index (χ4v) is 4.92. The van der Waals surface area contributed by atoms with Crippen molar-refractivity contribution in [2.24, 2.45) is 5.73 Å². The van der Waals surface area contributed by atoms with Crippen LogP contribution >= 0.6 is 0 Å². The lowest BCUT2D eigenvalue weighted by Crippen LogP contribution is -2.45. The molecule has 0 spiro atoms. The molecule has 0 heterocycles. The number of nitrogens with two attached hydrogens (primary N) is 1. The van der Waals surface area contributed by atoms with E-state index in [-0.39, 0.29) is 17.9 Å². The number of nitrogens with one attached hydrogen (secondary N) is 2. The van der Waals surface area contributed by atoms with Crippen molar-refractivity contribution >= 4 is 11.8 Å². The summed E-state index contributed by atoms with van der Waals surface area (Å²) in [4.78, 5) is 29.3. The van der Waals surface area contributed by atoms with Gasteiger partial charge in [0.15, 0.2) is 0 Å². The summed E-state index contributed by atoms with van der Waals surface area (Å²) in [6.45, 7) is 5.03. The minimum absolute atomic E-state index is 0.00493. The largest absolute Gasteiger partial charge is 0.492 e. The highest BCUT2D eigenvalue weighted by molar-refractivity contribution is 5.89. The van der Waals surface area contributed by atoms with E-state index in [0.29, 0.717) is 77.8 Å². The molecule has 3 aromatic carbocycles. The van der Waals surface area contributed by atoms with Crippen LogP contribution in [0.1, 0.15) is 42.0 Å². The van der Waals surface area contributed by atoms with Crippen LogP contribution in [-0.2, 0) is 32.0 Å². The number of amides is 2. The molecule has 236 valence electrons. The van der Waals surface area contributed by atoms with Gasteiger partial charge in [0.1, 0.15) is 18.4 Å². The Labute approximate surface area is 261 Å². The summed E-state index contributed by atoms with van der Waals surface area (Å²) in [6, 6.07) is 26.7. The van der Waals surface area contributed by atoms with Gasteiger partial charge in [0.2, 0.25) is 11.8 Å². The number of benzene rings is 3. The maximum Gasteiger partial charge on any atom is 0.247 e. The summed E-state index contributed by atoms with van der Waals surface area (Å²) in [5, 5.41) is 6.38. The van der Waals surface area contributed by atoms with E-state index < -0.39 is 6.04 Å². The molecule has 0 bridgehead atoms. The van der Waals surface area contributed by atoms with E-state index in [2.05, 4.69) is 10.6 Å². The van der Waals surface area contributed by atoms with Crippen molar-refractivity contribution in [2.45, 2.75) is 44.3 Å². The molecule has 4 rings (SSSR count). The minimum atomic E-state index is -0.717. The van der Waals surface area contributed by atoms with Crippen LogP contribution in [0.5, 0.6) is 5.75 Å². The van der Waals surface area contributed by atoms with Crippen LogP contribution < -0.4 is 21.1 Å². The Bertz CT molecular complexity index is 1240. The van der Waals surface area contributed by atoms with Crippen LogP contribution in [0.15, 0.2) is 84.9 Å². The van der Waals surface area contributed by atoms with E-state index in [0.717, 1.165) is 29.5 Å². The number of hydrogen-bond donors (Lipinski definition) is 3. The molecule has 1 unspecified atom stereocenters. The van der Waals surface area contributed by atoms with Gasteiger partial charge in [0, 0.05) is 38.6 Å². The molecule has 0 radical (unpaired) electrons. The summed E-state index contributed by atoms with van der Waals surface area (Å²) in [5.41, 5.74) is 8.28. The van der Waals surface area contributed by atoms with Gasteiger partial charge in [-0.15, -0.1) is 0 Å². The number of hydrogen-bond acceptors (Lipinski definition) is 7. The number of aryl methyl sites for hydroxylation is 1. The van der Waals surface area contributed by atoms with E-state index in [1.807, 2.05) is 89.8 Å². The Morgan fingerprint density at radius 3 is 2.09 bits per heavy atom. The van der Waals surface area contributed by atoms with Crippen molar-refractivity contribution < 1.29 is 23.8 Å². The van der Waals surface area contributed by atoms with Crippen molar-refractivity contribution in [1.29, 1.82) is 0 Å². The van der Waals surface area contributed by atoms with Gasteiger partial charge in [-0.1, -0.05) is 72.8 Å². The standard InChI is InChI=1S/C35H46N4O5/c36-19-22-42-25-26-43-23-20-37-21-24-44-32-16-12-30(13-17-32)34(35(41)38-27-29-9-5-2-6-10-29)39(31-14-15-31)33(40)18-11-28-7-3-1-4-8-28/h1-10,12-13,16-17,31,34,37H,11,14-15,18-27,36H2,(H,38,41). The van der Waals surface area contributed by atoms with E-state index in [4.69, 9.17) is 19.9 Å². The molecular weight excluding hydrogens is 556 g/mol. The van der Waals surface area contributed by atoms with Crippen LogP contribution in [0.4, 0.5) is 0 Å². The van der Waals surface area contributed by atoms with Gasteiger partial charge in [-0.25, -0.2) is 0 Å². The fourth-order valence-electron chi connectivity index (χ4n) is 4.92. The average molecular weight is 603 g/mol. The van der Waals surface area contributed by atoms with Crippen LogP contribution in [0.2, 0.25) is 0 Å². The summed E-state index contributed by atoms with van der Waals surface area (Å²) in [6.07, 6.45) is 2.79. The van der Waals surface area contributed by atoms with Gasteiger partial charge in [0.25, 0.3) is 0 Å². The number of carbonyl (C=O) groups is 2. The molecule has 1 aliphatic carbocycles. The highest BCUT2D eigenvalue weighted by Crippen LogP contribution is 2.36. The molecule has 0 aromatic heterocycles. The zero-order valence-electron chi connectivity index (χ0n) is 25.5. The Kier molecular flexibility index (Phi) is 14.2. The Morgan fingerprint density at radius 1 is 0.795 bits per heavy atom. The second kappa shape index (κ2) is 18.8. The van der Waals surface area contributed by atoms with Gasteiger partial charge in [0.05, 0.1) is 26.4 Å². The van der Waals surface area contributed by atoms with Crippen LogP contribution in [0, 0.1) is 0 Å². The van der Waals surface area contributed by atoms with E-state index in [9.17, 15) is 9.59 Å². The molecule has 0 aliphatic heterocycles. The molecule has 4 N–H and O–H groups in total. The first-order valence-electron chi connectivity index (χ1n) is 15.6. The molecule has 9 nitrogen and oxygen atoms in total. The van der Waals surface area contributed by atoms with Gasteiger partial charge < -0.3 is 35.5 Å². The predicted octanol–water partition coefficient (Wildman–Crippen LogP) is 3.63. The molecule has 9 heteroatoms. The van der Waals surface area contributed by atoms with Gasteiger partial charge >= 0.3 is 0 Å². The van der Waals surface area contributed by atoms with Crippen LogP contribution in [-0.4, -0.2) is 75.4 Å². The molecule has 1 atom stereocenters. The molecule has 3 aromatic rings. The quantitative estimate of drug-likeness (QED) is 0.160. The molecular formula is C35H46N4O5. The molecule has 44 heavy (non-hydrogen) atoms. The summed E-state index contributed by atoms with van der Waals surface area (Å²) >= 11 is 0. The maximum absolute atomic E-state index is 13.8. The Hall–Kier alpha value is -3.76. The predicted molar refractivity (Wildman–Crippen MR) is 171 cm³/mol. The number of rotatable bonds is 21. The SMILES string of the molecule is NCCOCCOCCNCCOc1ccc(C(C(=O)NCc2ccccc2)N(C(=O)CCc2ccccc2)C2CC2)cc1. The van der Waals surface area contributed by atoms with Gasteiger partial charge in [-0.3, -0.25) is 9.59 Å². The topological polar surface area (TPSA) is 115 Å². The van der Waals surface area contributed by atoms with Crippen molar-refractivity contribution in [3.8, 4) is 5.75 Å². The molecule has 1 saturated carbocycles. The van der Waals surface area contributed by atoms with Gasteiger partial charge in [-0.05, 0) is 48.1 Å². The molecule has 0 saturated heterocycles. The average Bonchev–Trinajstić information content (AvgIpc) is 3.90. The van der Waals surface area contributed by atoms with Gasteiger partial charge in [-0.2, -0.15) is 0 Å². The van der Waals surface area contributed by atoms with E-state index in [1.165, 1.54) is 0 Å². The third-order valence-electron chi connectivity index (χ3n) is 7.34. The lowest BCUT2D eigenvalue weighted by Gasteiger charge is -2.32. The second-order valence-electron chi connectivity index (χ2n) is 10.8. The van der Waals surface area contributed by atoms with Crippen molar-refractivity contribution in [1.82, 2.24) is 15.5 Å². The zero-order chi connectivity index (χ0) is 30.8. The van der Waals surface area contributed by atoms with Crippen LogP contribution in [0.25, 0.3) is 0 Å². The van der Waals surface area contributed by atoms with E-state index in [1.54, 1.807) is 0 Å². The smallest absolute Gasteiger partial charge is 0.247 e. The molecule has 1 fully saturated rings. The summed E-state index contributed by atoms with van der Waals surface area (Å²) < 4.78 is 16.7. The summed E-state index contributed by atoms with van der Waals surface area (Å²) in [7, 11) is 0. The first-order chi connectivity index (χ1) is 21.7. The highest BCUT2D eigenvalue weighted by atomic mass is 16.5. The maximum atomic E-state index is 13.8. The summed E-state index contributed by atoms with van der Waals surface area (Å²) in [5.74, 6) is 0.523. The third kappa shape index (κ3) is 11.4. The fraction of sp³-hybridized carbons (Fsp3) is 0.429. The second-order valence-corrected chi connectivity index (χ2v) is 10.8. The van der Waals surface area contributed by atoms with E-state index >= 15 is 0 Å². The highest BCUT2D eigenvalue weighted by Gasteiger charge is 2.41. The molecule has 1 aliphatic rings. The Morgan fingerprint density at radius 2 is 1.43 bits per heavy atom. The number of carbonyl (C=O) groups excluding carboxylic acids is 2. The minimum Gasteiger partial charge on any atom is -0.492 e. The number of ether oxygens (including phenoxy) is 3. The lowest BCUT2D eigenvalue weighted by molar-refractivity contribution is -0.141.